The number of primary amides is 1. The zero-order valence-electron chi connectivity index (χ0n) is 13.7. The summed E-state index contributed by atoms with van der Waals surface area (Å²) in [5, 5.41) is 0. The van der Waals surface area contributed by atoms with Crippen LogP contribution in [0.1, 0.15) is 36.7 Å². The Labute approximate surface area is 134 Å². The molecule has 23 heavy (non-hydrogen) atoms. The predicted molar refractivity (Wildman–Crippen MR) is 90.4 cm³/mol. The number of benzene rings is 1. The Bertz CT molecular complexity index is 855. The summed E-state index contributed by atoms with van der Waals surface area (Å²) < 4.78 is 1.73. The molecule has 1 aromatic carbocycles. The fraction of sp³-hybridized carbons (Fsp3) is 0.412. The second-order valence-electron chi connectivity index (χ2n) is 6.45. The van der Waals surface area contributed by atoms with Gasteiger partial charge in [0, 0.05) is 36.8 Å². The molecule has 0 radical (unpaired) electrons. The Morgan fingerprint density at radius 2 is 2.17 bits per heavy atom. The number of hydrogen-bond donors (Lipinski definition) is 2. The molecule has 0 saturated carbocycles. The van der Waals surface area contributed by atoms with Crippen molar-refractivity contribution >= 4 is 16.9 Å². The fourth-order valence-electron chi connectivity index (χ4n) is 3.18. The number of nitrogens with one attached hydrogen (secondary N) is 1. The lowest BCUT2D eigenvalue weighted by Crippen LogP contribution is -2.36. The largest absolute Gasteiger partial charge is 0.366 e. The number of rotatable bonds is 3. The number of aromatic amines is 1. The first-order valence-corrected chi connectivity index (χ1v) is 7.80. The molecular weight excluding hydrogens is 292 g/mol. The fourth-order valence-corrected chi connectivity index (χ4v) is 3.18. The minimum absolute atomic E-state index is 0.140. The van der Waals surface area contributed by atoms with E-state index in [-0.39, 0.29) is 11.7 Å². The SMILES string of the molecule is CC(C)=CCN1Cc2c(C(N)=O)ccc3[nH]c(=O)n(c23)CC1C. The maximum atomic E-state index is 12.3. The smallest absolute Gasteiger partial charge is 0.326 e. The van der Waals surface area contributed by atoms with Crippen molar-refractivity contribution in [2.75, 3.05) is 6.54 Å². The number of allylic oxidation sites excluding steroid dienone is 1. The van der Waals surface area contributed by atoms with Crippen LogP contribution in [0.15, 0.2) is 28.6 Å². The van der Waals surface area contributed by atoms with E-state index < -0.39 is 5.91 Å². The van der Waals surface area contributed by atoms with Gasteiger partial charge in [-0.15, -0.1) is 0 Å². The van der Waals surface area contributed by atoms with E-state index in [1.165, 1.54) is 5.57 Å². The molecule has 0 spiro atoms. The molecule has 6 heteroatoms. The van der Waals surface area contributed by atoms with Crippen LogP contribution in [0, 0.1) is 0 Å². The summed E-state index contributed by atoms with van der Waals surface area (Å²) in [5.74, 6) is -0.459. The number of H-pyrrole nitrogens is 1. The second-order valence-corrected chi connectivity index (χ2v) is 6.45. The lowest BCUT2D eigenvalue weighted by molar-refractivity contribution is 0.0998. The molecule has 6 nitrogen and oxygen atoms in total. The standard InChI is InChI=1S/C17H22N4O2/c1-10(2)6-7-20-9-13-12(16(18)22)4-5-14-15(13)21(8-11(20)3)17(23)19-14/h4-6,11H,7-9H2,1-3H3,(H2,18,22)(H,19,23). The zero-order valence-corrected chi connectivity index (χ0v) is 13.7. The van der Waals surface area contributed by atoms with Crippen LogP contribution in [-0.2, 0) is 13.1 Å². The number of amides is 1. The van der Waals surface area contributed by atoms with Crippen molar-refractivity contribution in [2.45, 2.75) is 39.9 Å². The highest BCUT2D eigenvalue weighted by molar-refractivity contribution is 5.99. The lowest BCUT2D eigenvalue weighted by atomic mass is 10.0. The number of hydrogen-bond acceptors (Lipinski definition) is 3. The summed E-state index contributed by atoms with van der Waals surface area (Å²) in [6.07, 6.45) is 2.16. The van der Waals surface area contributed by atoms with Crippen molar-refractivity contribution in [3.8, 4) is 0 Å². The van der Waals surface area contributed by atoms with Gasteiger partial charge in [-0.1, -0.05) is 11.6 Å². The van der Waals surface area contributed by atoms with Crippen LogP contribution < -0.4 is 11.4 Å². The van der Waals surface area contributed by atoms with Crippen LogP contribution in [0.2, 0.25) is 0 Å². The van der Waals surface area contributed by atoms with Gasteiger partial charge in [0.1, 0.15) is 0 Å². The summed E-state index contributed by atoms with van der Waals surface area (Å²) in [6, 6.07) is 3.64. The third-order valence-corrected chi connectivity index (χ3v) is 4.47. The molecule has 2 heterocycles. The van der Waals surface area contributed by atoms with Gasteiger partial charge in [0.2, 0.25) is 5.91 Å². The summed E-state index contributed by atoms with van der Waals surface area (Å²) in [7, 11) is 0. The molecule has 1 atom stereocenters. The van der Waals surface area contributed by atoms with Gasteiger partial charge in [0.05, 0.1) is 11.0 Å². The van der Waals surface area contributed by atoms with E-state index in [2.05, 4.69) is 36.7 Å². The van der Waals surface area contributed by atoms with E-state index in [9.17, 15) is 9.59 Å². The Morgan fingerprint density at radius 1 is 1.43 bits per heavy atom. The van der Waals surface area contributed by atoms with Gasteiger partial charge in [-0.05, 0) is 32.9 Å². The van der Waals surface area contributed by atoms with Gasteiger partial charge in [0.15, 0.2) is 0 Å². The Balaban J connectivity index is 2.18. The first kappa shape index (κ1) is 15.6. The van der Waals surface area contributed by atoms with Gasteiger partial charge >= 0.3 is 5.69 Å². The minimum atomic E-state index is -0.459. The quantitative estimate of drug-likeness (QED) is 0.844. The molecule has 0 bridgehead atoms. The highest BCUT2D eigenvalue weighted by Gasteiger charge is 2.26. The molecule has 1 unspecified atom stereocenters. The molecule has 1 aliphatic rings. The molecule has 122 valence electrons. The van der Waals surface area contributed by atoms with Gasteiger partial charge in [-0.3, -0.25) is 14.3 Å². The number of aromatic nitrogens is 2. The maximum absolute atomic E-state index is 12.3. The van der Waals surface area contributed by atoms with Crippen molar-refractivity contribution in [3.05, 3.63) is 45.4 Å². The zero-order chi connectivity index (χ0) is 16.7. The molecule has 0 fully saturated rings. The summed E-state index contributed by atoms with van der Waals surface area (Å²) in [4.78, 5) is 29.2. The average molecular weight is 314 g/mol. The lowest BCUT2D eigenvalue weighted by Gasteiger charge is -2.26. The summed E-state index contributed by atoms with van der Waals surface area (Å²) >= 11 is 0. The van der Waals surface area contributed by atoms with Crippen LogP contribution in [0.3, 0.4) is 0 Å². The number of carbonyl (C=O) groups excluding carboxylic acids is 1. The topological polar surface area (TPSA) is 84.1 Å². The van der Waals surface area contributed by atoms with E-state index in [0.717, 1.165) is 23.1 Å². The number of carbonyl (C=O) groups is 1. The second kappa shape index (κ2) is 5.70. The normalized spacial score (nSPS) is 18.0. The molecule has 1 amide bonds. The van der Waals surface area contributed by atoms with Crippen molar-refractivity contribution in [1.29, 1.82) is 0 Å². The molecule has 1 aromatic heterocycles. The third-order valence-electron chi connectivity index (χ3n) is 4.47. The molecule has 0 saturated heterocycles. The Kier molecular flexibility index (Phi) is 3.85. The van der Waals surface area contributed by atoms with E-state index in [1.807, 2.05) is 0 Å². The highest BCUT2D eigenvalue weighted by Crippen LogP contribution is 2.26. The minimum Gasteiger partial charge on any atom is -0.366 e. The molecule has 1 aliphatic heterocycles. The van der Waals surface area contributed by atoms with Crippen LogP contribution in [0.4, 0.5) is 0 Å². The number of nitrogens with zero attached hydrogens (tertiary/aromatic N) is 2. The van der Waals surface area contributed by atoms with Crippen LogP contribution in [0.5, 0.6) is 0 Å². The van der Waals surface area contributed by atoms with Crippen molar-refractivity contribution in [3.63, 3.8) is 0 Å². The van der Waals surface area contributed by atoms with E-state index in [0.29, 0.717) is 18.7 Å². The van der Waals surface area contributed by atoms with Crippen LogP contribution in [0.25, 0.3) is 11.0 Å². The molecular formula is C17H22N4O2. The Morgan fingerprint density at radius 3 is 2.83 bits per heavy atom. The first-order chi connectivity index (χ1) is 10.9. The van der Waals surface area contributed by atoms with E-state index in [4.69, 9.17) is 5.73 Å². The monoisotopic (exact) mass is 314 g/mol. The summed E-state index contributed by atoms with van der Waals surface area (Å²) in [5.41, 5.74) is 9.53. The number of imidazole rings is 1. The maximum Gasteiger partial charge on any atom is 0.326 e. The molecule has 2 aromatic rings. The van der Waals surface area contributed by atoms with Crippen molar-refractivity contribution in [1.82, 2.24) is 14.5 Å². The number of nitrogens with two attached hydrogens (primary N) is 1. The van der Waals surface area contributed by atoms with Crippen molar-refractivity contribution < 1.29 is 4.79 Å². The third kappa shape index (κ3) is 2.70. The van der Waals surface area contributed by atoms with Gasteiger partial charge in [0.25, 0.3) is 0 Å². The molecule has 3 N–H and O–H groups in total. The highest BCUT2D eigenvalue weighted by atomic mass is 16.1. The van der Waals surface area contributed by atoms with Gasteiger partial charge in [-0.25, -0.2) is 4.79 Å². The Hall–Kier alpha value is -2.34. The predicted octanol–water partition coefficient (Wildman–Crippen LogP) is 1.60. The van der Waals surface area contributed by atoms with E-state index >= 15 is 0 Å². The summed E-state index contributed by atoms with van der Waals surface area (Å²) in [6.45, 7) is 8.18. The van der Waals surface area contributed by atoms with Crippen LogP contribution >= 0.6 is 0 Å². The van der Waals surface area contributed by atoms with Crippen molar-refractivity contribution in [2.24, 2.45) is 5.73 Å². The average Bonchev–Trinajstić information content (AvgIpc) is 2.70. The molecule has 3 rings (SSSR count). The first-order valence-electron chi connectivity index (χ1n) is 7.80. The van der Waals surface area contributed by atoms with Gasteiger partial charge < -0.3 is 10.7 Å². The molecule has 0 aliphatic carbocycles. The van der Waals surface area contributed by atoms with E-state index in [1.54, 1.807) is 16.7 Å². The van der Waals surface area contributed by atoms with Gasteiger partial charge in [-0.2, -0.15) is 0 Å². The van der Waals surface area contributed by atoms with Crippen LogP contribution in [-0.4, -0.2) is 32.9 Å².